The zero-order chi connectivity index (χ0) is 22.0. The Morgan fingerprint density at radius 3 is 2.58 bits per heavy atom. The molecule has 31 heavy (non-hydrogen) atoms. The molecule has 0 saturated heterocycles. The summed E-state index contributed by atoms with van der Waals surface area (Å²) in [6.07, 6.45) is 1.71. The van der Waals surface area contributed by atoms with E-state index in [1.807, 2.05) is 54.9 Å². The number of carbonyl (C=O) groups is 1. The van der Waals surface area contributed by atoms with Gasteiger partial charge in [-0.2, -0.15) is 5.10 Å². The van der Waals surface area contributed by atoms with E-state index in [4.69, 9.17) is 0 Å². The summed E-state index contributed by atoms with van der Waals surface area (Å²) >= 11 is 0. The van der Waals surface area contributed by atoms with Gasteiger partial charge in [-0.15, -0.1) is 5.10 Å². The molecule has 0 aliphatic carbocycles. The molecule has 7 heteroatoms. The Labute approximate surface area is 181 Å². The van der Waals surface area contributed by atoms with E-state index < -0.39 is 0 Å². The van der Waals surface area contributed by atoms with Crippen LogP contribution >= 0.6 is 0 Å². The van der Waals surface area contributed by atoms with E-state index in [1.54, 1.807) is 22.8 Å². The molecule has 0 unspecified atom stereocenters. The van der Waals surface area contributed by atoms with Crippen molar-refractivity contribution in [2.24, 2.45) is 0 Å². The van der Waals surface area contributed by atoms with Gasteiger partial charge in [0.25, 0.3) is 5.91 Å². The monoisotopic (exact) mass is 414 g/mol. The second-order valence-electron chi connectivity index (χ2n) is 7.90. The maximum absolute atomic E-state index is 12.9. The van der Waals surface area contributed by atoms with E-state index in [9.17, 15) is 4.79 Å². The fourth-order valence-corrected chi connectivity index (χ4v) is 3.65. The summed E-state index contributed by atoms with van der Waals surface area (Å²) in [7, 11) is 1.78. The van der Waals surface area contributed by atoms with Crippen LogP contribution in [0.1, 0.15) is 38.6 Å². The van der Waals surface area contributed by atoms with Crippen molar-refractivity contribution in [1.82, 2.24) is 29.7 Å². The van der Waals surface area contributed by atoms with Gasteiger partial charge in [-0.3, -0.25) is 4.79 Å². The van der Waals surface area contributed by atoms with Crippen molar-refractivity contribution in [3.8, 4) is 5.69 Å². The van der Waals surface area contributed by atoms with Crippen molar-refractivity contribution >= 4 is 5.91 Å². The standard InChI is InChI=1S/C24H26N6O/c1-17-8-5-6-10-21(17)15-29-16-23(25-27-29)24(31)28(4)14-20-9-7-11-22(13-20)30-19(3)12-18(2)26-30/h5-13,16H,14-15H2,1-4H3. The Morgan fingerprint density at radius 2 is 1.84 bits per heavy atom. The number of hydrogen-bond donors (Lipinski definition) is 0. The lowest BCUT2D eigenvalue weighted by Crippen LogP contribution is -2.26. The Hall–Kier alpha value is -3.74. The van der Waals surface area contributed by atoms with Crippen LogP contribution in [0.25, 0.3) is 5.69 Å². The van der Waals surface area contributed by atoms with Crippen molar-refractivity contribution in [2.45, 2.75) is 33.9 Å². The molecule has 0 saturated carbocycles. The van der Waals surface area contributed by atoms with Gasteiger partial charge in [0, 0.05) is 19.3 Å². The van der Waals surface area contributed by atoms with E-state index >= 15 is 0 Å². The molecule has 0 spiro atoms. The number of nitrogens with zero attached hydrogens (tertiary/aromatic N) is 6. The van der Waals surface area contributed by atoms with Gasteiger partial charge in [0.05, 0.1) is 24.1 Å². The lowest BCUT2D eigenvalue weighted by atomic mass is 10.1. The number of amides is 1. The van der Waals surface area contributed by atoms with Crippen molar-refractivity contribution in [3.05, 3.63) is 94.6 Å². The van der Waals surface area contributed by atoms with Crippen LogP contribution in [-0.2, 0) is 13.1 Å². The lowest BCUT2D eigenvalue weighted by molar-refractivity contribution is 0.0779. The second kappa shape index (κ2) is 8.55. The van der Waals surface area contributed by atoms with Gasteiger partial charge in [-0.25, -0.2) is 9.36 Å². The molecule has 0 aliphatic rings. The highest BCUT2D eigenvalue weighted by molar-refractivity contribution is 5.91. The van der Waals surface area contributed by atoms with E-state index in [1.165, 1.54) is 5.56 Å². The third-order valence-corrected chi connectivity index (χ3v) is 5.28. The van der Waals surface area contributed by atoms with Crippen LogP contribution in [0.4, 0.5) is 0 Å². The Morgan fingerprint density at radius 1 is 1.03 bits per heavy atom. The van der Waals surface area contributed by atoms with Gasteiger partial charge in [-0.1, -0.05) is 41.6 Å². The summed E-state index contributed by atoms with van der Waals surface area (Å²) in [6, 6.07) is 18.2. The van der Waals surface area contributed by atoms with Crippen LogP contribution in [0.15, 0.2) is 60.8 Å². The quantitative estimate of drug-likeness (QED) is 0.482. The highest BCUT2D eigenvalue weighted by Crippen LogP contribution is 2.16. The van der Waals surface area contributed by atoms with E-state index in [2.05, 4.69) is 40.5 Å². The van der Waals surface area contributed by atoms with E-state index in [0.717, 1.165) is 28.2 Å². The first-order valence-corrected chi connectivity index (χ1v) is 10.2. The van der Waals surface area contributed by atoms with Gasteiger partial charge in [0.15, 0.2) is 5.69 Å². The molecule has 0 atom stereocenters. The maximum atomic E-state index is 12.9. The Kier molecular flexibility index (Phi) is 5.66. The number of benzene rings is 2. The maximum Gasteiger partial charge on any atom is 0.276 e. The van der Waals surface area contributed by atoms with Crippen LogP contribution in [0, 0.1) is 20.8 Å². The number of aryl methyl sites for hydroxylation is 3. The molecule has 0 N–H and O–H groups in total. The molecule has 2 aromatic heterocycles. The number of carbonyl (C=O) groups excluding carboxylic acids is 1. The van der Waals surface area contributed by atoms with Gasteiger partial charge < -0.3 is 4.90 Å². The van der Waals surface area contributed by atoms with Gasteiger partial charge in [-0.05, 0) is 55.7 Å². The minimum Gasteiger partial charge on any atom is -0.336 e. The predicted molar refractivity (Wildman–Crippen MR) is 119 cm³/mol. The number of hydrogen-bond acceptors (Lipinski definition) is 4. The topological polar surface area (TPSA) is 68.8 Å². The first-order valence-electron chi connectivity index (χ1n) is 10.2. The van der Waals surface area contributed by atoms with Crippen LogP contribution in [0.2, 0.25) is 0 Å². The average molecular weight is 415 g/mol. The summed E-state index contributed by atoms with van der Waals surface area (Å²) in [6.45, 7) is 7.12. The molecule has 0 radical (unpaired) electrons. The molecule has 1 amide bonds. The Balaban J connectivity index is 1.46. The number of aromatic nitrogens is 5. The normalized spacial score (nSPS) is 11.0. The second-order valence-corrected chi connectivity index (χ2v) is 7.90. The zero-order valence-electron chi connectivity index (χ0n) is 18.3. The highest BCUT2D eigenvalue weighted by atomic mass is 16.2. The average Bonchev–Trinajstić information content (AvgIpc) is 3.35. The molecule has 0 bridgehead atoms. The van der Waals surface area contributed by atoms with Gasteiger partial charge >= 0.3 is 0 Å². The third kappa shape index (κ3) is 4.55. The molecule has 7 nitrogen and oxygen atoms in total. The summed E-state index contributed by atoms with van der Waals surface area (Å²) in [4.78, 5) is 14.5. The van der Waals surface area contributed by atoms with Crippen molar-refractivity contribution in [3.63, 3.8) is 0 Å². The van der Waals surface area contributed by atoms with Gasteiger partial charge in [0.2, 0.25) is 0 Å². The minimum absolute atomic E-state index is 0.160. The summed E-state index contributed by atoms with van der Waals surface area (Å²) in [5.74, 6) is -0.160. The summed E-state index contributed by atoms with van der Waals surface area (Å²) in [5.41, 5.74) is 6.73. The van der Waals surface area contributed by atoms with Crippen LogP contribution in [-0.4, -0.2) is 42.6 Å². The van der Waals surface area contributed by atoms with Gasteiger partial charge in [0.1, 0.15) is 0 Å². The predicted octanol–water partition coefficient (Wildman–Crippen LogP) is 3.71. The largest absolute Gasteiger partial charge is 0.336 e. The molecule has 158 valence electrons. The first-order chi connectivity index (χ1) is 14.9. The van der Waals surface area contributed by atoms with E-state index in [0.29, 0.717) is 18.8 Å². The Bertz CT molecular complexity index is 1220. The SMILES string of the molecule is Cc1cc(C)n(-c2cccc(CN(C)C(=O)c3cn(Cc4ccccc4C)nn3)c2)n1. The molecule has 0 aliphatic heterocycles. The molecular formula is C24H26N6O. The smallest absolute Gasteiger partial charge is 0.276 e. The molecule has 2 heterocycles. The highest BCUT2D eigenvalue weighted by Gasteiger charge is 2.17. The van der Waals surface area contributed by atoms with Crippen molar-refractivity contribution < 1.29 is 4.79 Å². The molecule has 0 fully saturated rings. The van der Waals surface area contributed by atoms with Crippen LogP contribution in [0.3, 0.4) is 0 Å². The summed E-state index contributed by atoms with van der Waals surface area (Å²) < 4.78 is 3.62. The fourth-order valence-electron chi connectivity index (χ4n) is 3.65. The van der Waals surface area contributed by atoms with Crippen molar-refractivity contribution in [2.75, 3.05) is 7.05 Å². The van der Waals surface area contributed by atoms with Crippen LogP contribution < -0.4 is 0 Å². The molecular weight excluding hydrogens is 388 g/mol. The zero-order valence-corrected chi connectivity index (χ0v) is 18.3. The lowest BCUT2D eigenvalue weighted by Gasteiger charge is -2.16. The molecule has 4 aromatic rings. The number of rotatable bonds is 6. The minimum atomic E-state index is -0.160. The molecule has 4 rings (SSSR count). The fraction of sp³-hybridized carbons (Fsp3) is 0.250. The summed E-state index contributed by atoms with van der Waals surface area (Å²) in [5, 5.41) is 12.8. The van der Waals surface area contributed by atoms with Crippen molar-refractivity contribution in [1.29, 1.82) is 0 Å². The first kappa shape index (κ1) is 20.5. The molecule has 2 aromatic carbocycles. The third-order valence-electron chi connectivity index (χ3n) is 5.28. The van der Waals surface area contributed by atoms with Crippen LogP contribution in [0.5, 0.6) is 0 Å². The van der Waals surface area contributed by atoms with E-state index in [-0.39, 0.29) is 5.91 Å².